The number of rotatable bonds is 2. The fourth-order valence-corrected chi connectivity index (χ4v) is 10.6. The fourth-order valence-electron chi connectivity index (χ4n) is 8.27. The van der Waals surface area contributed by atoms with Gasteiger partial charge in [-0.3, -0.25) is 0 Å². The van der Waals surface area contributed by atoms with E-state index in [2.05, 4.69) is 13.8 Å². The predicted octanol–water partition coefficient (Wildman–Crippen LogP) is 7.55. The SMILES string of the molecule is C1C2CC3CC1CC(C2)C3[N]=[Mo+2]=[N]C1C2CC3CC(C2)CC1C3.[CH2-]CC.[CH2-]CC. The Hall–Kier alpha value is 0.288. The van der Waals surface area contributed by atoms with Gasteiger partial charge in [-0.05, 0) is 0 Å². The van der Waals surface area contributed by atoms with Crippen LogP contribution >= 0.6 is 0 Å². The molecule has 0 aliphatic heterocycles. The monoisotopic (exact) mass is 482 g/mol. The van der Waals surface area contributed by atoms with Crippen LogP contribution in [-0.4, -0.2) is 12.1 Å². The maximum absolute atomic E-state index is 5.34. The van der Waals surface area contributed by atoms with E-state index in [1.54, 1.807) is 12.8 Å². The molecule has 0 radical (unpaired) electrons. The summed E-state index contributed by atoms with van der Waals surface area (Å²) in [5.41, 5.74) is 0. The van der Waals surface area contributed by atoms with Crippen molar-refractivity contribution in [3.8, 4) is 0 Å². The third-order valence-corrected chi connectivity index (χ3v) is 10.4. The molecule has 8 saturated carbocycles. The normalized spacial score (nSPS) is 47.4. The van der Waals surface area contributed by atoms with Crippen molar-refractivity contribution >= 4 is 0 Å². The van der Waals surface area contributed by atoms with Gasteiger partial charge in [0, 0.05) is 0 Å². The van der Waals surface area contributed by atoms with E-state index in [-0.39, 0.29) is 0 Å². The minimum atomic E-state index is -0.424. The summed E-state index contributed by atoms with van der Waals surface area (Å²) >= 11 is -0.424. The van der Waals surface area contributed by atoms with Crippen LogP contribution in [0.3, 0.4) is 0 Å². The average Bonchev–Trinajstić information content (AvgIpc) is 2.66. The van der Waals surface area contributed by atoms with Gasteiger partial charge in [0.25, 0.3) is 0 Å². The zero-order valence-corrected chi connectivity index (χ0v) is 21.0. The second-order valence-electron chi connectivity index (χ2n) is 11.1. The van der Waals surface area contributed by atoms with Crippen LogP contribution in [0.1, 0.15) is 90.9 Å². The summed E-state index contributed by atoms with van der Waals surface area (Å²) in [7, 11) is 0. The minimum absolute atomic E-state index is 0.424. The van der Waals surface area contributed by atoms with Crippen molar-refractivity contribution in [1.29, 1.82) is 0 Å². The Morgan fingerprint density at radius 3 is 1.03 bits per heavy atom. The first-order chi connectivity index (χ1) is 14.1. The van der Waals surface area contributed by atoms with E-state index in [1.165, 1.54) is 51.4 Å². The van der Waals surface area contributed by atoms with Crippen LogP contribution < -0.4 is 0 Å². The van der Waals surface area contributed by atoms with Gasteiger partial charge in [0.05, 0.1) is 0 Å². The van der Waals surface area contributed by atoms with Crippen molar-refractivity contribution < 1.29 is 18.2 Å². The van der Waals surface area contributed by atoms with Crippen molar-refractivity contribution in [3.63, 3.8) is 0 Å². The molecule has 3 heteroatoms. The molecule has 0 saturated heterocycles. The standard InChI is InChI=1S/2C10H15N.2C3H7.Mo/c2*11-10-8-2-6-1-7(4-8)5-9(10)3-6;2*1-3-2;/h2*6-10H,1-5H2;2*1,3H2,2H3;/q;;2*-1;+2. The van der Waals surface area contributed by atoms with Gasteiger partial charge in [-0.2, -0.15) is 12.8 Å². The first-order valence-electron chi connectivity index (χ1n) is 12.8. The molecule has 8 aliphatic rings. The molecule has 8 aliphatic carbocycles. The van der Waals surface area contributed by atoms with Crippen LogP contribution in [0.4, 0.5) is 0 Å². The molecule has 8 fully saturated rings. The smallest absolute Gasteiger partial charge is 0.0927 e. The van der Waals surface area contributed by atoms with E-state index in [0.717, 1.165) is 72.3 Å². The Balaban J connectivity index is 0.000000309. The molecule has 2 nitrogen and oxygen atoms in total. The fraction of sp³-hybridized carbons (Fsp3) is 0.923. The molecule has 0 aromatic rings. The molecule has 8 bridgehead atoms. The molecule has 0 aromatic heterocycles. The summed E-state index contributed by atoms with van der Waals surface area (Å²) in [5, 5.41) is 0. The third-order valence-electron chi connectivity index (χ3n) is 8.69. The van der Waals surface area contributed by atoms with Gasteiger partial charge in [-0.15, -0.1) is 0 Å². The van der Waals surface area contributed by atoms with Crippen molar-refractivity contribution in [3.05, 3.63) is 13.8 Å². The Labute approximate surface area is 189 Å². The van der Waals surface area contributed by atoms with Crippen molar-refractivity contribution in [1.82, 2.24) is 0 Å². The molecule has 0 N–H and O–H groups in total. The molecular weight excluding hydrogens is 436 g/mol. The van der Waals surface area contributed by atoms with E-state index in [4.69, 9.17) is 6.99 Å². The van der Waals surface area contributed by atoms with Crippen LogP contribution in [0.25, 0.3) is 0 Å². The molecule has 8 rings (SSSR count). The first-order valence-corrected chi connectivity index (χ1v) is 14.6. The predicted molar refractivity (Wildman–Crippen MR) is 118 cm³/mol. The summed E-state index contributed by atoms with van der Waals surface area (Å²) in [6.45, 7) is 11.0. The molecule has 0 atom stereocenters. The summed E-state index contributed by atoms with van der Waals surface area (Å²) in [5.74, 6) is 8.26. The van der Waals surface area contributed by atoms with Gasteiger partial charge in [0.1, 0.15) is 0 Å². The molecule has 29 heavy (non-hydrogen) atoms. The van der Waals surface area contributed by atoms with Gasteiger partial charge >= 0.3 is 149 Å². The molecule has 0 unspecified atom stereocenters. The van der Waals surface area contributed by atoms with E-state index in [9.17, 15) is 0 Å². The molecule has 0 spiro atoms. The topological polar surface area (TPSA) is 24.7 Å². The van der Waals surface area contributed by atoms with Crippen LogP contribution in [0.15, 0.2) is 6.99 Å². The Morgan fingerprint density at radius 1 is 0.552 bits per heavy atom. The quantitative estimate of drug-likeness (QED) is 0.288. The molecule has 164 valence electrons. The van der Waals surface area contributed by atoms with Gasteiger partial charge in [-0.1, -0.05) is 13.8 Å². The van der Waals surface area contributed by atoms with Gasteiger partial charge in [0.2, 0.25) is 0 Å². The summed E-state index contributed by atoms with van der Waals surface area (Å²) in [4.78, 5) is 0. The van der Waals surface area contributed by atoms with Crippen LogP contribution in [0, 0.1) is 61.2 Å². The maximum Gasteiger partial charge on any atom is -0.0927 e. The van der Waals surface area contributed by atoms with Crippen molar-refractivity contribution in [2.75, 3.05) is 0 Å². The van der Waals surface area contributed by atoms with E-state index in [0.29, 0.717) is 0 Å². The first kappa shape index (κ1) is 22.5. The van der Waals surface area contributed by atoms with Gasteiger partial charge in [0.15, 0.2) is 0 Å². The van der Waals surface area contributed by atoms with Gasteiger partial charge < -0.3 is 13.8 Å². The maximum atomic E-state index is 5.34. The summed E-state index contributed by atoms with van der Waals surface area (Å²) in [6, 6.07) is 1.51. The second-order valence-corrected chi connectivity index (χ2v) is 12.6. The van der Waals surface area contributed by atoms with E-state index < -0.39 is 18.2 Å². The zero-order valence-electron chi connectivity index (χ0n) is 19.0. The molecule has 0 heterocycles. The van der Waals surface area contributed by atoms with Crippen LogP contribution in [0.5, 0.6) is 0 Å². The third kappa shape index (κ3) is 5.04. The minimum Gasteiger partial charge on any atom is -0.344 e. The van der Waals surface area contributed by atoms with E-state index >= 15 is 0 Å². The van der Waals surface area contributed by atoms with E-state index in [1.807, 2.05) is 13.8 Å². The van der Waals surface area contributed by atoms with Crippen molar-refractivity contribution in [2.45, 2.75) is 103 Å². The Bertz CT molecular complexity index is 490. The van der Waals surface area contributed by atoms with Crippen LogP contribution in [0.2, 0.25) is 0 Å². The number of hydrogen-bond acceptors (Lipinski definition) is 2. The summed E-state index contributed by atoms with van der Waals surface area (Å²) in [6.07, 6.45) is 17.3. The zero-order chi connectivity index (χ0) is 20.4. The number of nitrogens with zero attached hydrogens (tertiary/aromatic N) is 2. The molecular formula is C26H44MoN2. The molecule has 0 amide bonds. The van der Waals surface area contributed by atoms with Crippen LogP contribution in [-0.2, 0) is 18.2 Å². The van der Waals surface area contributed by atoms with Crippen molar-refractivity contribution in [2.24, 2.45) is 54.3 Å². The molecule has 0 aromatic carbocycles. The summed E-state index contributed by atoms with van der Waals surface area (Å²) < 4.78 is 10.7. The Morgan fingerprint density at radius 2 is 0.793 bits per heavy atom. The second kappa shape index (κ2) is 10.3. The Kier molecular flexibility index (Phi) is 7.96. The largest absolute Gasteiger partial charge is 0.344 e. The van der Waals surface area contributed by atoms with Gasteiger partial charge in [-0.25, -0.2) is 0 Å². The number of hydrogen-bond donors (Lipinski definition) is 0. The average molecular weight is 481 g/mol.